The van der Waals surface area contributed by atoms with Crippen LogP contribution < -0.4 is 14.1 Å². The maximum atomic E-state index is 2.23. The second kappa shape index (κ2) is 7.25. The van der Waals surface area contributed by atoms with E-state index < -0.39 is 0 Å². The Balaban J connectivity index is -0.000000163. The van der Waals surface area contributed by atoms with Crippen molar-refractivity contribution in [3.05, 3.63) is 21.1 Å². The first-order valence-electron chi connectivity index (χ1n) is 2.38. The molecule has 10 heavy (non-hydrogen) atoms. The molecule has 0 aromatic rings. The molecule has 1 aliphatic carbocycles. The van der Waals surface area contributed by atoms with Gasteiger partial charge in [-0.2, -0.15) is 0 Å². The first-order chi connectivity index (χ1) is 3.30. The molecule has 0 heterocycles. The molecule has 0 N–H and O–H groups in total. The van der Waals surface area contributed by atoms with Crippen LogP contribution >= 0.6 is 0 Å². The van der Waals surface area contributed by atoms with Crippen LogP contribution in [0.25, 0.3) is 0 Å². The monoisotopic (exact) mass is 316 g/mol. The third-order valence-corrected chi connectivity index (χ3v) is 3.32. The molecular formula is C6H7F3Hf. The van der Waals surface area contributed by atoms with Gasteiger partial charge >= 0.3 is 58.8 Å². The van der Waals surface area contributed by atoms with Gasteiger partial charge in [0.15, 0.2) is 0 Å². The number of hydrogen-bond acceptors (Lipinski definition) is 0. The Morgan fingerprint density at radius 2 is 1.80 bits per heavy atom. The van der Waals surface area contributed by atoms with Gasteiger partial charge in [0, 0.05) is 0 Å². The maximum Gasteiger partial charge on any atom is -1.00 e. The van der Waals surface area contributed by atoms with Gasteiger partial charge in [-0.1, -0.05) is 0 Å². The van der Waals surface area contributed by atoms with E-state index in [0.29, 0.717) is 0 Å². The molecule has 0 fully saturated rings. The van der Waals surface area contributed by atoms with Crippen molar-refractivity contribution >= 4 is 0 Å². The van der Waals surface area contributed by atoms with Gasteiger partial charge in [0.05, 0.1) is 0 Å². The summed E-state index contributed by atoms with van der Waals surface area (Å²) in [5.74, 6) is 0. The Bertz CT molecular complexity index is 140. The van der Waals surface area contributed by atoms with Gasteiger partial charge in [-0.15, -0.1) is 0 Å². The predicted molar refractivity (Wildman–Crippen MR) is 26.5 cm³/mol. The molecule has 0 saturated heterocycles. The summed E-state index contributed by atoms with van der Waals surface area (Å²) in [6.07, 6.45) is 5.68. The smallest absolute Gasteiger partial charge is 1.00 e. The van der Waals surface area contributed by atoms with Crippen molar-refractivity contribution in [1.82, 2.24) is 0 Å². The number of rotatable bonds is 0. The second-order valence-corrected chi connectivity index (χ2v) is 3.94. The van der Waals surface area contributed by atoms with Gasteiger partial charge in [-0.25, -0.2) is 0 Å². The number of hydrogen-bond donors (Lipinski definition) is 0. The van der Waals surface area contributed by atoms with Crippen molar-refractivity contribution in [3.63, 3.8) is 0 Å². The maximum absolute atomic E-state index is 2.23. The van der Waals surface area contributed by atoms with E-state index in [1.807, 2.05) is 0 Å². The Labute approximate surface area is 73.1 Å². The molecule has 0 unspecified atom stereocenters. The number of halogens is 3. The van der Waals surface area contributed by atoms with Gasteiger partial charge in [0.2, 0.25) is 0 Å². The summed E-state index contributed by atoms with van der Waals surface area (Å²) in [7, 11) is 0. The minimum Gasteiger partial charge on any atom is -1.00 e. The van der Waals surface area contributed by atoms with Crippen LogP contribution in [0.4, 0.5) is 0 Å². The third kappa shape index (κ3) is 4.04. The van der Waals surface area contributed by atoms with Crippen molar-refractivity contribution in [1.29, 1.82) is 0 Å². The van der Waals surface area contributed by atoms with E-state index >= 15 is 0 Å². The molecule has 0 atom stereocenters. The summed E-state index contributed by atoms with van der Waals surface area (Å²) < 4.78 is 1.65. The van der Waals surface area contributed by atoms with Crippen LogP contribution in [0, 0.1) is 0 Å². The van der Waals surface area contributed by atoms with E-state index in [0.717, 1.165) is 0 Å². The van der Waals surface area contributed by atoms with Crippen LogP contribution in [0.5, 0.6) is 0 Å². The van der Waals surface area contributed by atoms with Crippen molar-refractivity contribution < 1.29 is 38.5 Å². The molecular weight excluding hydrogens is 308 g/mol. The zero-order chi connectivity index (χ0) is 5.28. The van der Waals surface area contributed by atoms with Crippen LogP contribution in [0.1, 0.15) is 13.3 Å². The third-order valence-electron chi connectivity index (χ3n) is 1.17. The summed E-state index contributed by atoms with van der Waals surface area (Å²) in [4.78, 5) is 0. The van der Waals surface area contributed by atoms with Crippen molar-refractivity contribution in [2.45, 2.75) is 13.3 Å². The normalized spacial score (nSPS) is 13.5. The molecule has 0 nitrogen and oxygen atoms in total. The zero-order valence-corrected chi connectivity index (χ0v) is 9.09. The van der Waals surface area contributed by atoms with Crippen LogP contribution in [0.3, 0.4) is 0 Å². The minimum atomic E-state index is 0. The second-order valence-electron chi connectivity index (χ2n) is 1.77. The van der Waals surface area contributed by atoms with Crippen LogP contribution in [0.2, 0.25) is 0 Å². The molecule has 1 rings (SSSR count). The summed E-state index contributed by atoms with van der Waals surface area (Å²) in [6, 6.07) is 0. The Morgan fingerprint density at radius 1 is 1.30 bits per heavy atom. The van der Waals surface area contributed by atoms with Gasteiger partial charge in [0.1, 0.15) is 0 Å². The van der Waals surface area contributed by atoms with E-state index in [2.05, 4.69) is 19.1 Å². The summed E-state index contributed by atoms with van der Waals surface area (Å²) in [6.45, 7) is 2.19. The Kier molecular flexibility index (Phi) is 12.0. The standard InChI is InChI=1S/C6H7.3FH.Hf/c1-6-4-2-3-5-6;;;;/h2,4H,3H2,1H3;3*1H;/q;;;;+3/p-3. The molecule has 0 amide bonds. The van der Waals surface area contributed by atoms with Crippen LogP contribution in [-0.4, -0.2) is 0 Å². The molecule has 0 spiro atoms. The molecule has 0 aromatic carbocycles. The van der Waals surface area contributed by atoms with E-state index in [4.69, 9.17) is 0 Å². The predicted octanol–water partition coefficient (Wildman–Crippen LogP) is -7.22. The molecule has 0 aliphatic heterocycles. The average molecular weight is 315 g/mol. The Morgan fingerprint density at radius 3 is 1.90 bits per heavy atom. The molecule has 56 valence electrons. The van der Waals surface area contributed by atoms with E-state index in [9.17, 15) is 0 Å². The largest absolute Gasteiger partial charge is 1.00 e. The van der Waals surface area contributed by atoms with Crippen molar-refractivity contribution in [2.75, 3.05) is 0 Å². The summed E-state index contributed by atoms with van der Waals surface area (Å²) >= 11 is 1.25. The molecule has 0 radical (unpaired) electrons. The van der Waals surface area contributed by atoms with Crippen molar-refractivity contribution in [3.8, 4) is 0 Å². The zero-order valence-electron chi connectivity index (χ0n) is 5.50. The van der Waals surface area contributed by atoms with E-state index in [1.54, 1.807) is 3.33 Å². The van der Waals surface area contributed by atoms with Crippen LogP contribution in [-0.2, 0) is 24.4 Å². The summed E-state index contributed by atoms with van der Waals surface area (Å²) in [5.41, 5.74) is 1.51. The topological polar surface area (TPSA) is 0 Å². The first kappa shape index (κ1) is 16.6. The quantitative estimate of drug-likeness (QED) is 0.390. The van der Waals surface area contributed by atoms with Crippen molar-refractivity contribution in [2.24, 2.45) is 0 Å². The minimum absolute atomic E-state index is 0. The molecule has 1 aliphatic rings. The van der Waals surface area contributed by atoms with Gasteiger partial charge in [-0.3, -0.25) is 0 Å². The fraction of sp³-hybridized carbons (Fsp3) is 0.333. The molecule has 0 saturated carbocycles. The number of allylic oxidation sites excluding steroid dienone is 4. The fourth-order valence-corrected chi connectivity index (χ4v) is 1.34. The SMILES string of the molecule is CC1=[C]([Hf+3])CC=C1.[F-].[F-].[F-]. The van der Waals surface area contributed by atoms with Gasteiger partial charge in [-0.05, 0) is 0 Å². The first-order valence-corrected chi connectivity index (χ1v) is 4.18. The fourth-order valence-electron chi connectivity index (χ4n) is 0.615. The molecule has 4 heteroatoms. The molecule has 0 aromatic heterocycles. The summed E-state index contributed by atoms with van der Waals surface area (Å²) in [5, 5.41) is 0. The van der Waals surface area contributed by atoms with Gasteiger partial charge in [0.25, 0.3) is 0 Å². The van der Waals surface area contributed by atoms with Crippen LogP contribution in [0.15, 0.2) is 21.1 Å². The van der Waals surface area contributed by atoms with E-state index in [-0.39, 0.29) is 14.1 Å². The average Bonchev–Trinajstić information content (AvgIpc) is 1.91. The Hall–Kier alpha value is 0.140. The van der Waals surface area contributed by atoms with E-state index in [1.165, 1.54) is 36.4 Å². The molecule has 0 bridgehead atoms. The van der Waals surface area contributed by atoms with Gasteiger partial charge < -0.3 is 14.1 Å².